The Balaban J connectivity index is 2.45. The van der Waals surface area contributed by atoms with Crippen molar-refractivity contribution in [2.75, 3.05) is 0 Å². The average Bonchev–Trinajstić information content (AvgIpc) is 2.52. The van der Waals surface area contributed by atoms with E-state index in [2.05, 4.69) is 0 Å². The smallest absolute Gasteiger partial charge is 0.326 e. The van der Waals surface area contributed by atoms with Crippen LogP contribution in [0.3, 0.4) is 0 Å². The molecule has 1 nitrogen and oxygen atoms in total. The van der Waals surface area contributed by atoms with Crippen molar-refractivity contribution in [3.05, 3.63) is 74.8 Å². The second-order valence-electron chi connectivity index (χ2n) is 5.70. The van der Waals surface area contributed by atoms with Crippen LogP contribution in [0, 0.1) is 0 Å². The van der Waals surface area contributed by atoms with Crippen molar-refractivity contribution in [1.82, 2.24) is 0 Å². The standard InChI is InChI=1S/C18H13Cl2F6N/c19-13-6-12(7-14(20)8-13)15(17(21,22)23)4-2-10-1-3-11(9-27)16(5-10)18(24,25)26/h1-8,15H,9,27H2/b4-2+. The molecule has 0 bridgehead atoms. The minimum absolute atomic E-state index is 0.0202. The van der Waals surface area contributed by atoms with Crippen molar-refractivity contribution >= 4 is 29.3 Å². The summed E-state index contributed by atoms with van der Waals surface area (Å²) in [5, 5.41) is 0.0404. The summed E-state index contributed by atoms with van der Waals surface area (Å²) in [7, 11) is 0. The van der Waals surface area contributed by atoms with Crippen molar-refractivity contribution in [3.63, 3.8) is 0 Å². The van der Waals surface area contributed by atoms with E-state index in [1.165, 1.54) is 12.1 Å². The first-order valence-corrected chi connectivity index (χ1v) is 8.28. The molecular weight excluding hydrogens is 415 g/mol. The Bertz CT molecular complexity index is 822. The molecule has 2 N–H and O–H groups in total. The second-order valence-corrected chi connectivity index (χ2v) is 6.57. The third-order valence-electron chi connectivity index (χ3n) is 3.74. The quantitative estimate of drug-likeness (QED) is 0.531. The summed E-state index contributed by atoms with van der Waals surface area (Å²) in [6.07, 6.45) is -7.61. The lowest BCUT2D eigenvalue weighted by molar-refractivity contribution is -0.140. The van der Waals surface area contributed by atoms with Crippen LogP contribution < -0.4 is 5.73 Å². The lowest BCUT2D eigenvalue weighted by Crippen LogP contribution is -2.19. The molecule has 1 atom stereocenters. The highest BCUT2D eigenvalue weighted by Gasteiger charge is 2.39. The maximum atomic E-state index is 13.4. The van der Waals surface area contributed by atoms with Gasteiger partial charge in [-0.15, -0.1) is 0 Å². The van der Waals surface area contributed by atoms with E-state index in [4.69, 9.17) is 28.9 Å². The van der Waals surface area contributed by atoms with Crippen LogP contribution in [0.5, 0.6) is 0 Å². The monoisotopic (exact) mass is 427 g/mol. The van der Waals surface area contributed by atoms with Crippen molar-refractivity contribution in [2.45, 2.75) is 24.8 Å². The van der Waals surface area contributed by atoms with Crippen LogP contribution in [-0.2, 0) is 12.7 Å². The number of alkyl halides is 6. The molecule has 2 rings (SSSR count). The molecule has 2 aromatic rings. The highest BCUT2D eigenvalue weighted by Crippen LogP contribution is 2.39. The first-order valence-electron chi connectivity index (χ1n) is 7.53. The maximum absolute atomic E-state index is 13.4. The second kappa shape index (κ2) is 8.12. The molecule has 0 saturated heterocycles. The molecule has 0 heterocycles. The molecule has 27 heavy (non-hydrogen) atoms. The minimum Gasteiger partial charge on any atom is -0.326 e. The fourth-order valence-corrected chi connectivity index (χ4v) is 3.05. The molecule has 0 aliphatic rings. The highest BCUT2D eigenvalue weighted by atomic mass is 35.5. The number of halogens is 8. The number of rotatable bonds is 4. The van der Waals surface area contributed by atoms with Gasteiger partial charge in [0.25, 0.3) is 0 Å². The van der Waals surface area contributed by atoms with E-state index in [-0.39, 0.29) is 33.3 Å². The molecule has 0 spiro atoms. The van der Waals surface area contributed by atoms with Gasteiger partial charge in [-0.25, -0.2) is 0 Å². The fourth-order valence-electron chi connectivity index (χ4n) is 2.51. The Morgan fingerprint density at radius 1 is 0.926 bits per heavy atom. The van der Waals surface area contributed by atoms with E-state index in [1.807, 2.05) is 0 Å². The average molecular weight is 428 g/mol. The predicted molar refractivity (Wildman–Crippen MR) is 93.6 cm³/mol. The molecule has 0 radical (unpaired) electrons. The summed E-state index contributed by atoms with van der Waals surface area (Å²) in [6, 6.07) is 6.67. The zero-order chi connectivity index (χ0) is 20.4. The van der Waals surface area contributed by atoms with Gasteiger partial charge in [-0.1, -0.05) is 47.5 Å². The van der Waals surface area contributed by atoms with Gasteiger partial charge in [-0.05, 0) is 41.0 Å². The first kappa shape index (κ1) is 21.6. The van der Waals surface area contributed by atoms with Gasteiger partial charge < -0.3 is 5.73 Å². The summed E-state index contributed by atoms with van der Waals surface area (Å²) in [5.41, 5.74) is 3.90. The largest absolute Gasteiger partial charge is 0.416 e. The van der Waals surface area contributed by atoms with Crippen LogP contribution >= 0.6 is 23.2 Å². The van der Waals surface area contributed by atoms with Crippen molar-refractivity contribution in [3.8, 4) is 0 Å². The third-order valence-corrected chi connectivity index (χ3v) is 4.17. The van der Waals surface area contributed by atoms with E-state index in [0.29, 0.717) is 0 Å². The first-order chi connectivity index (χ1) is 12.4. The van der Waals surface area contributed by atoms with Crippen LogP contribution in [0.4, 0.5) is 26.3 Å². The van der Waals surface area contributed by atoms with E-state index in [0.717, 1.165) is 36.4 Å². The van der Waals surface area contributed by atoms with Crippen LogP contribution in [0.2, 0.25) is 10.0 Å². The molecule has 2 aromatic carbocycles. The fraction of sp³-hybridized carbons (Fsp3) is 0.222. The molecule has 0 aliphatic carbocycles. The number of hydrogen-bond acceptors (Lipinski definition) is 1. The maximum Gasteiger partial charge on any atom is 0.416 e. The Hall–Kier alpha value is -1.70. The minimum atomic E-state index is -4.69. The van der Waals surface area contributed by atoms with Gasteiger partial charge in [-0.3, -0.25) is 0 Å². The summed E-state index contributed by atoms with van der Waals surface area (Å²) < 4.78 is 79.5. The van der Waals surface area contributed by atoms with Gasteiger partial charge in [0.1, 0.15) is 0 Å². The van der Waals surface area contributed by atoms with Crippen LogP contribution in [0.15, 0.2) is 42.5 Å². The zero-order valence-corrected chi connectivity index (χ0v) is 15.0. The van der Waals surface area contributed by atoms with E-state index in [1.54, 1.807) is 0 Å². The molecule has 0 aliphatic heterocycles. The summed E-state index contributed by atoms with van der Waals surface area (Å²) >= 11 is 11.5. The molecule has 146 valence electrons. The Morgan fingerprint density at radius 3 is 2.00 bits per heavy atom. The van der Waals surface area contributed by atoms with E-state index < -0.39 is 23.8 Å². The van der Waals surface area contributed by atoms with Gasteiger partial charge in [0.2, 0.25) is 0 Å². The van der Waals surface area contributed by atoms with Gasteiger partial charge in [-0.2, -0.15) is 26.3 Å². The summed E-state index contributed by atoms with van der Waals surface area (Å²) in [4.78, 5) is 0. The van der Waals surface area contributed by atoms with E-state index >= 15 is 0 Å². The van der Waals surface area contributed by atoms with Crippen molar-refractivity contribution in [2.24, 2.45) is 5.73 Å². The molecule has 0 aromatic heterocycles. The summed E-state index contributed by atoms with van der Waals surface area (Å²) in [6.45, 7) is -0.342. The van der Waals surface area contributed by atoms with Crippen LogP contribution in [0.1, 0.15) is 28.2 Å². The van der Waals surface area contributed by atoms with Crippen molar-refractivity contribution < 1.29 is 26.3 Å². The van der Waals surface area contributed by atoms with Crippen LogP contribution in [0.25, 0.3) is 6.08 Å². The topological polar surface area (TPSA) is 26.0 Å². The summed E-state index contributed by atoms with van der Waals surface area (Å²) in [5.74, 6) is -2.09. The number of benzene rings is 2. The van der Waals surface area contributed by atoms with Gasteiger partial charge in [0.15, 0.2) is 0 Å². The molecule has 0 saturated carbocycles. The Labute approximate surface area is 161 Å². The van der Waals surface area contributed by atoms with Gasteiger partial charge in [0, 0.05) is 16.6 Å². The highest BCUT2D eigenvalue weighted by molar-refractivity contribution is 6.34. The SMILES string of the molecule is NCc1ccc(/C=C/C(c2cc(Cl)cc(Cl)c2)C(F)(F)F)cc1C(F)(F)F. The number of hydrogen-bond donors (Lipinski definition) is 1. The van der Waals surface area contributed by atoms with Crippen molar-refractivity contribution in [1.29, 1.82) is 0 Å². The van der Waals surface area contributed by atoms with Gasteiger partial charge >= 0.3 is 12.4 Å². The number of allylic oxidation sites excluding steroid dienone is 1. The van der Waals surface area contributed by atoms with E-state index in [9.17, 15) is 26.3 Å². The lowest BCUT2D eigenvalue weighted by Gasteiger charge is -2.18. The lowest BCUT2D eigenvalue weighted by atomic mass is 9.96. The Morgan fingerprint density at radius 2 is 1.52 bits per heavy atom. The van der Waals surface area contributed by atoms with Crippen LogP contribution in [-0.4, -0.2) is 6.18 Å². The third kappa shape index (κ3) is 5.64. The number of nitrogens with two attached hydrogens (primary N) is 1. The normalized spacial score (nSPS) is 14.0. The molecule has 1 unspecified atom stereocenters. The molecular formula is C18H13Cl2F6N. The van der Waals surface area contributed by atoms with Gasteiger partial charge in [0.05, 0.1) is 11.5 Å². The predicted octanol–water partition coefficient (Wildman–Crippen LogP) is 6.83. The molecule has 0 amide bonds. The molecule has 0 fully saturated rings. The zero-order valence-electron chi connectivity index (χ0n) is 13.5. The molecule has 9 heteroatoms. The Kier molecular flexibility index (Phi) is 6.50.